The molecule has 0 radical (unpaired) electrons. The molecule has 310 valence electrons. The average Bonchev–Trinajstić information content (AvgIpc) is 3.67. The van der Waals surface area contributed by atoms with Crippen molar-refractivity contribution >= 4 is 0 Å². The third-order valence-electron chi connectivity index (χ3n) is 12.8. The van der Waals surface area contributed by atoms with E-state index in [2.05, 4.69) is 98.4 Å². The summed E-state index contributed by atoms with van der Waals surface area (Å²) >= 11 is 0. The number of imidazole rings is 1. The summed E-state index contributed by atoms with van der Waals surface area (Å²) in [5, 5.41) is 0. The first-order valence-corrected chi connectivity index (χ1v) is 24.3. The summed E-state index contributed by atoms with van der Waals surface area (Å²) in [4.78, 5) is 5.19. The van der Waals surface area contributed by atoms with Crippen LogP contribution in [0.4, 0.5) is 0 Å². The minimum absolute atomic E-state index is 0.0307. The first-order valence-electron chi connectivity index (χ1n) is 24.3. The smallest absolute Gasteiger partial charge is 0.112 e. The second kappa shape index (κ2) is 31.7. The summed E-state index contributed by atoms with van der Waals surface area (Å²) in [6, 6.07) is 22.6. The molecule has 0 N–H and O–H groups in total. The van der Waals surface area contributed by atoms with Crippen LogP contribution >= 0.6 is 0 Å². The molecule has 0 fully saturated rings. The Morgan fingerprint density at radius 3 is 1.29 bits per heavy atom. The summed E-state index contributed by atoms with van der Waals surface area (Å²) < 4.78 is 2.55. The van der Waals surface area contributed by atoms with Gasteiger partial charge in [0.25, 0.3) is 0 Å². The van der Waals surface area contributed by atoms with Gasteiger partial charge in [0.1, 0.15) is 5.82 Å². The van der Waals surface area contributed by atoms with E-state index < -0.39 is 0 Å². The highest BCUT2D eigenvalue weighted by atomic mass is 15.1. The van der Waals surface area contributed by atoms with Crippen LogP contribution in [0.25, 0.3) is 0 Å². The van der Waals surface area contributed by atoms with Gasteiger partial charge >= 0.3 is 0 Å². The Kier molecular flexibility index (Phi) is 27.1. The van der Waals surface area contributed by atoms with Crippen LogP contribution in [0.2, 0.25) is 0 Å². The number of hydrogen-bond donors (Lipinski definition) is 0. The van der Waals surface area contributed by atoms with Crippen molar-refractivity contribution in [3.8, 4) is 0 Å². The molecule has 55 heavy (non-hydrogen) atoms. The monoisotopic (exact) mass is 753 g/mol. The Hall–Kier alpha value is -2.35. The number of aryl methyl sites for hydroxylation is 1. The van der Waals surface area contributed by atoms with Gasteiger partial charge in [0.05, 0.1) is 0 Å². The zero-order valence-electron chi connectivity index (χ0n) is 36.7. The van der Waals surface area contributed by atoms with Crippen LogP contribution < -0.4 is 0 Å². The molecule has 0 aliphatic heterocycles. The molecular weight excluding hydrogens is 665 g/mol. The number of benzene rings is 2. The van der Waals surface area contributed by atoms with Gasteiger partial charge in [0.15, 0.2) is 0 Å². The topological polar surface area (TPSA) is 17.8 Å². The van der Waals surface area contributed by atoms with Gasteiger partial charge in [0, 0.05) is 30.3 Å². The zero-order valence-corrected chi connectivity index (χ0v) is 36.7. The standard InChI is InChI=1S/C53H88N2/c1-4-6-8-10-12-14-16-18-19-20-21-23-25-27-29-31-39-46-55-47-45-54-52(55)51(44-38-30-28-26-24-22-17-15-13-11-9-7-5-2)53(3,50-42-36-33-37-43-50)48-49-40-34-32-35-41-49/h32-37,40-43,45,47,51H,4-31,38-39,44,46,48H2,1-3H3. The van der Waals surface area contributed by atoms with E-state index in [1.807, 2.05) is 0 Å². The fourth-order valence-corrected chi connectivity index (χ4v) is 9.19. The van der Waals surface area contributed by atoms with Gasteiger partial charge < -0.3 is 4.57 Å². The fraction of sp³-hybridized carbons (Fsp3) is 0.717. The maximum absolute atomic E-state index is 5.19. The second-order valence-electron chi connectivity index (χ2n) is 17.7. The number of unbranched alkanes of at least 4 members (excludes halogenated alkanes) is 28. The number of aromatic nitrogens is 2. The Morgan fingerprint density at radius 2 is 0.855 bits per heavy atom. The Balaban J connectivity index is 1.46. The van der Waals surface area contributed by atoms with Crippen molar-refractivity contribution < 1.29 is 0 Å². The van der Waals surface area contributed by atoms with Crippen molar-refractivity contribution in [2.24, 2.45) is 0 Å². The third kappa shape index (κ3) is 20.6. The van der Waals surface area contributed by atoms with Crippen molar-refractivity contribution in [2.75, 3.05) is 0 Å². The Bertz CT molecular complexity index is 1250. The largest absolute Gasteiger partial charge is 0.335 e. The van der Waals surface area contributed by atoms with E-state index >= 15 is 0 Å². The summed E-state index contributed by atoms with van der Waals surface area (Å²) in [6.45, 7) is 8.25. The van der Waals surface area contributed by atoms with Gasteiger partial charge in [0.2, 0.25) is 0 Å². The molecule has 0 aliphatic rings. The molecule has 2 atom stereocenters. The summed E-state index contributed by atoms with van der Waals surface area (Å²) in [5.41, 5.74) is 2.85. The second-order valence-corrected chi connectivity index (χ2v) is 17.7. The van der Waals surface area contributed by atoms with E-state index in [1.165, 1.54) is 216 Å². The Labute approximate surface area is 342 Å². The fourth-order valence-electron chi connectivity index (χ4n) is 9.19. The number of hydrogen-bond acceptors (Lipinski definition) is 1. The van der Waals surface area contributed by atoms with E-state index in [9.17, 15) is 0 Å². The Morgan fingerprint density at radius 1 is 0.473 bits per heavy atom. The molecule has 2 heteroatoms. The third-order valence-corrected chi connectivity index (χ3v) is 12.8. The van der Waals surface area contributed by atoms with Crippen molar-refractivity contribution in [2.45, 2.75) is 244 Å². The zero-order chi connectivity index (χ0) is 38.9. The molecule has 2 aromatic carbocycles. The van der Waals surface area contributed by atoms with Gasteiger partial charge in [-0.25, -0.2) is 4.98 Å². The highest BCUT2D eigenvalue weighted by Gasteiger charge is 2.39. The van der Waals surface area contributed by atoms with Crippen LogP contribution in [0, 0.1) is 0 Å². The van der Waals surface area contributed by atoms with Crippen LogP contribution in [0.1, 0.15) is 243 Å². The van der Waals surface area contributed by atoms with Crippen molar-refractivity contribution in [1.82, 2.24) is 9.55 Å². The van der Waals surface area contributed by atoms with E-state index in [0.717, 1.165) is 13.0 Å². The summed E-state index contributed by atoms with van der Waals surface area (Å²) in [6.07, 6.45) is 48.9. The average molecular weight is 753 g/mol. The van der Waals surface area contributed by atoms with E-state index in [1.54, 1.807) is 0 Å². The SMILES string of the molecule is CCCCCCCCCCCCCCCCCCCn1ccnc1C(CCCCCCCCCCCCCCC)C(C)(Cc1ccccc1)c1ccccc1. The van der Waals surface area contributed by atoms with Crippen LogP contribution in [0.15, 0.2) is 73.1 Å². The van der Waals surface area contributed by atoms with Crippen molar-refractivity contribution in [1.29, 1.82) is 0 Å². The first kappa shape index (κ1) is 47.0. The van der Waals surface area contributed by atoms with Crippen LogP contribution in [-0.2, 0) is 18.4 Å². The van der Waals surface area contributed by atoms with Gasteiger partial charge in [-0.05, 0) is 30.4 Å². The molecule has 2 nitrogen and oxygen atoms in total. The van der Waals surface area contributed by atoms with Crippen LogP contribution in [0.5, 0.6) is 0 Å². The van der Waals surface area contributed by atoms with Crippen molar-refractivity contribution in [3.63, 3.8) is 0 Å². The predicted octanol–water partition coefficient (Wildman–Crippen LogP) is 17.3. The maximum atomic E-state index is 5.19. The van der Waals surface area contributed by atoms with E-state index in [0.29, 0.717) is 5.92 Å². The molecule has 1 aromatic heterocycles. The minimum atomic E-state index is -0.0307. The van der Waals surface area contributed by atoms with Crippen LogP contribution in [0.3, 0.4) is 0 Å². The molecule has 0 saturated carbocycles. The van der Waals surface area contributed by atoms with E-state index in [4.69, 9.17) is 4.98 Å². The van der Waals surface area contributed by atoms with Gasteiger partial charge in [-0.3, -0.25) is 0 Å². The molecule has 0 saturated heterocycles. The molecule has 3 aromatic rings. The summed E-state index contributed by atoms with van der Waals surface area (Å²) in [5.74, 6) is 1.70. The lowest BCUT2D eigenvalue weighted by Gasteiger charge is -2.39. The molecule has 2 unspecified atom stereocenters. The van der Waals surface area contributed by atoms with E-state index in [-0.39, 0.29) is 5.41 Å². The molecular formula is C53H88N2. The minimum Gasteiger partial charge on any atom is -0.335 e. The first-order chi connectivity index (χ1) is 27.2. The highest BCUT2D eigenvalue weighted by Crippen LogP contribution is 2.44. The summed E-state index contributed by atoms with van der Waals surface area (Å²) in [7, 11) is 0. The van der Waals surface area contributed by atoms with Crippen LogP contribution in [-0.4, -0.2) is 9.55 Å². The quantitative estimate of drug-likeness (QED) is 0.0536. The van der Waals surface area contributed by atoms with Gasteiger partial charge in [-0.15, -0.1) is 0 Å². The molecule has 1 heterocycles. The van der Waals surface area contributed by atoms with Gasteiger partial charge in [-0.2, -0.15) is 0 Å². The number of rotatable bonds is 37. The molecule has 0 aliphatic carbocycles. The maximum Gasteiger partial charge on any atom is 0.112 e. The van der Waals surface area contributed by atoms with Crippen molar-refractivity contribution in [3.05, 3.63) is 90.0 Å². The van der Waals surface area contributed by atoms with Gasteiger partial charge in [-0.1, -0.05) is 268 Å². The molecule has 0 spiro atoms. The predicted molar refractivity (Wildman–Crippen MR) is 243 cm³/mol. The highest BCUT2D eigenvalue weighted by molar-refractivity contribution is 5.33. The number of nitrogens with zero attached hydrogens (tertiary/aromatic N) is 2. The normalized spacial score (nSPS) is 13.3. The lowest BCUT2D eigenvalue weighted by Crippen LogP contribution is -2.35. The molecule has 3 rings (SSSR count). The lowest BCUT2D eigenvalue weighted by molar-refractivity contribution is 0.321. The molecule has 0 bridgehead atoms. The lowest BCUT2D eigenvalue weighted by atomic mass is 9.66. The molecule has 0 amide bonds.